The van der Waals surface area contributed by atoms with Gasteiger partial charge in [-0.15, -0.1) is 0 Å². The fourth-order valence-electron chi connectivity index (χ4n) is 3.77. The second kappa shape index (κ2) is 7.57. The van der Waals surface area contributed by atoms with Gasteiger partial charge >= 0.3 is 0 Å². The summed E-state index contributed by atoms with van der Waals surface area (Å²) >= 11 is 0. The SMILES string of the molecule is CC(=O)N1CCCN(Cc2cc3cc(-c4ccc(C)cc4)ccc3o2)CC1. The summed E-state index contributed by atoms with van der Waals surface area (Å²) in [5.74, 6) is 1.16. The lowest BCUT2D eigenvalue weighted by atomic mass is 10.0. The number of hydrogen-bond acceptors (Lipinski definition) is 3. The van der Waals surface area contributed by atoms with Gasteiger partial charge in [0.25, 0.3) is 0 Å². The Labute approximate surface area is 160 Å². The summed E-state index contributed by atoms with van der Waals surface area (Å²) in [5, 5.41) is 1.14. The molecule has 4 nitrogen and oxygen atoms in total. The van der Waals surface area contributed by atoms with Crippen LogP contribution in [0.15, 0.2) is 52.9 Å². The first-order chi connectivity index (χ1) is 13.1. The Morgan fingerprint density at radius 1 is 0.963 bits per heavy atom. The van der Waals surface area contributed by atoms with Gasteiger partial charge in [0.15, 0.2) is 0 Å². The van der Waals surface area contributed by atoms with E-state index in [0.717, 1.165) is 55.9 Å². The number of furan rings is 1. The number of rotatable bonds is 3. The molecule has 4 heteroatoms. The van der Waals surface area contributed by atoms with Crippen molar-refractivity contribution in [1.82, 2.24) is 9.80 Å². The van der Waals surface area contributed by atoms with Gasteiger partial charge in [0.05, 0.1) is 6.54 Å². The van der Waals surface area contributed by atoms with Gasteiger partial charge in [0, 0.05) is 38.5 Å². The van der Waals surface area contributed by atoms with Crippen LogP contribution in [0, 0.1) is 6.92 Å². The molecule has 4 rings (SSSR count). The highest BCUT2D eigenvalue weighted by Crippen LogP contribution is 2.27. The quantitative estimate of drug-likeness (QED) is 0.690. The minimum Gasteiger partial charge on any atom is -0.460 e. The van der Waals surface area contributed by atoms with E-state index >= 15 is 0 Å². The molecular formula is C23H26N2O2. The molecule has 0 spiro atoms. The molecule has 0 bridgehead atoms. The van der Waals surface area contributed by atoms with Crippen LogP contribution in [-0.2, 0) is 11.3 Å². The van der Waals surface area contributed by atoms with Gasteiger partial charge in [-0.25, -0.2) is 0 Å². The van der Waals surface area contributed by atoms with Crippen molar-refractivity contribution in [3.8, 4) is 11.1 Å². The van der Waals surface area contributed by atoms with Crippen LogP contribution in [0.4, 0.5) is 0 Å². The standard InChI is InChI=1S/C23H26N2O2/c1-17-4-6-19(7-5-17)20-8-9-23-21(14-20)15-22(27-23)16-24-10-3-11-25(13-12-24)18(2)26/h4-9,14-15H,3,10-13,16H2,1-2H3. The Balaban J connectivity index is 1.50. The molecule has 0 N–H and O–H groups in total. The van der Waals surface area contributed by atoms with E-state index in [1.807, 2.05) is 4.90 Å². The summed E-state index contributed by atoms with van der Waals surface area (Å²) < 4.78 is 6.07. The monoisotopic (exact) mass is 362 g/mol. The molecule has 0 atom stereocenters. The van der Waals surface area contributed by atoms with Gasteiger partial charge in [-0.3, -0.25) is 9.69 Å². The molecule has 0 radical (unpaired) electrons. The second-order valence-electron chi connectivity index (χ2n) is 7.47. The maximum absolute atomic E-state index is 11.6. The Hall–Kier alpha value is -2.59. The summed E-state index contributed by atoms with van der Waals surface area (Å²) in [6.07, 6.45) is 1.01. The highest BCUT2D eigenvalue weighted by Gasteiger charge is 2.18. The molecule has 3 aromatic rings. The van der Waals surface area contributed by atoms with Gasteiger partial charge in [-0.05, 0) is 42.7 Å². The van der Waals surface area contributed by atoms with E-state index in [1.165, 1.54) is 16.7 Å². The van der Waals surface area contributed by atoms with E-state index in [-0.39, 0.29) is 5.91 Å². The first-order valence-corrected chi connectivity index (χ1v) is 9.66. The van der Waals surface area contributed by atoms with Crippen LogP contribution in [0.1, 0.15) is 24.7 Å². The van der Waals surface area contributed by atoms with E-state index in [1.54, 1.807) is 6.92 Å². The molecule has 1 aromatic heterocycles. The lowest BCUT2D eigenvalue weighted by Crippen LogP contribution is -2.33. The van der Waals surface area contributed by atoms with Gasteiger partial charge in [0.2, 0.25) is 5.91 Å². The molecule has 0 aliphatic carbocycles. The number of carbonyl (C=O) groups excluding carboxylic acids is 1. The molecule has 0 saturated carbocycles. The number of aryl methyl sites for hydroxylation is 1. The highest BCUT2D eigenvalue weighted by molar-refractivity contribution is 5.84. The maximum atomic E-state index is 11.6. The van der Waals surface area contributed by atoms with Crippen molar-refractivity contribution in [3.63, 3.8) is 0 Å². The average molecular weight is 362 g/mol. The van der Waals surface area contributed by atoms with E-state index in [9.17, 15) is 4.79 Å². The Kier molecular flexibility index (Phi) is 4.99. The van der Waals surface area contributed by atoms with Gasteiger partial charge in [-0.2, -0.15) is 0 Å². The summed E-state index contributed by atoms with van der Waals surface area (Å²) in [4.78, 5) is 15.9. The normalized spacial score (nSPS) is 15.9. The molecule has 1 amide bonds. The van der Waals surface area contributed by atoms with Crippen LogP contribution in [0.3, 0.4) is 0 Å². The Morgan fingerprint density at radius 3 is 2.52 bits per heavy atom. The molecular weight excluding hydrogens is 336 g/mol. The summed E-state index contributed by atoms with van der Waals surface area (Å²) in [7, 11) is 0. The van der Waals surface area contributed by atoms with Crippen molar-refractivity contribution in [3.05, 3.63) is 59.9 Å². The lowest BCUT2D eigenvalue weighted by Gasteiger charge is -2.20. The molecule has 1 aliphatic heterocycles. The molecule has 0 unspecified atom stereocenters. The first kappa shape index (κ1) is 17.8. The maximum Gasteiger partial charge on any atom is 0.219 e. The zero-order valence-corrected chi connectivity index (χ0v) is 16.1. The topological polar surface area (TPSA) is 36.7 Å². The van der Waals surface area contributed by atoms with Crippen LogP contribution in [0.25, 0.3) is 22.1 Å². The molecule has 2 heterocycles. The van der Waals surface area contributed by atoms with Gasteiger partial charge in [-0.1, -0.05) is 35.9 Å². The number of carbonyl (C=O) groups is 1. The van der Waals surface area contributed by atoms with Crippen LogP contribution in [0.5, 0.6) is 0 Å². The average Bonchev–Trinajstić information content (AvgIpc) is 2.90. The second-order valence-corrected chi connectivity index (χ2v) is 7.47. The first-order valence-electron chi connectivity index (χ1n) is 9.66. The summed E-state index contributed by atoms with van der Waals surface area (Å²) in [5.41, 5.74) is 4.64. The van der Waals surface area contributed by atoms with Crippen molar-refractivity contribution in [2.45, 2.75) is 26.8 Å². The lowest BCUT2D eigenvalue weighted by molar-refractivity contribution is -0.128. The molecule has 2 aromatic carbocycles. The van der Waals surface area contributed by atoms with Crippen molar-refractivity contribution in [1.29, 1.82) is 0 Å². The molecule has 1 saturated heterocycles. The molecule has 1 fully saturated rings. The Morgan fingerprint density at radius 2 is 1.74 bits per heavy atom. The van der Waals surface area contributed by atoms with Crippen LogP contribution in [0.2, 0.25) is 0 Å². The van der Waals surface area contributed by atoms with Crippen LogP contribution < -0.4 is 0 Å². The number of nitrogens with zero attached hydrogens (tertiary/aromatic N) is 2. The van der Waals surface area contributed by atoms with Crippen molar-refractivity contribution < 1.29 is 9.21 Å². The molecule has 1 aliphatic rings. The predicted octanol–water partition coefficient (Wildman–Crippen LogP) is 4.46. The highest BCUT2D eigenvalue weighted by atomic mass is 16.3. The van der Waals surface area contributed by atoms with Crippen molar-refractivity contribution >= 4 is 16.9 Å². The zero-order valence-electron chi connectivity index (χ0n) is 16.1. The third-order valence-electron chi connectivity index (χ3n) is 5.37. The fourth-order valence-corrected chi connectivity index (χ4v) is 3.77. The number of amides is 1. The minimum absolute atomic E-state index is 0.171. The largest absolute Gasteiger partial charge is 0.460 e. The van der Waals surface area contributed by atoms with Crippen LogP contribution >= 0.6 is 0 Å². The predicted molar refractivity (Wildman–Crippen MR) is 109 cm³/mol. The van der Waals surface area contributed by atoms with Crippen LogP contribution in [-0.4, -0.2) is 41.9 Å². The fraction of sp³-hybridized carbons (Fsp3) is 0.348. The summed E-state index contributed by atoms with van der Waals surface area (Å²) in [6, 6.07) is 17.2. The van der Waals surface area contributed by atoms with Gasteiger partial charge in [0.1, 0.15) is 11.3 Å². The van der Waals surface area contributed by atoms with E-state index in [2.05, 4.69) is 60.4 Å². The smallest absolute Gasteiger partial charge is 0.219 e. The van der Waals surface area contributed by atoms with Gasteiger partial charge < -0.3 is 9.32 Å². The zero-order chi connectivity index (χ0) is 18.8. The minimum atomic E-state index is 0.171. The molecule has 140 valence electrons. The van der Waals surface area contributed by atoms with E-state index in [0.29, 0.717) is 0 Å². The third kappa shape index (κ3) is 4.06. The number of benzene rings is 2. The summed E-state index contributed by atoms with van der Waals surface area (Å²) in [6.45, 7) is 8.09. The Bertz CT molecular complexity index is 943. The van der Waals surface area contributed by atoms with E-state index in [4.69, 9.17) is 4.42 Å². The number of fused-ring (bicyclic) bond motifs is 1. The van der Waals surface area contributed by atoms with Crippen molar-refractivity contribution in [2.75, 3.05) is 26.2 Å². The third-order valence-corrected chi connectivity index (χ3v) is 5.37. The molecule has 27 heavy (non-hydrogen) atoms. The van der Waals surface area contributed by atoms with Crippen molar-refractivity contribution in [2.24, 2.45) is 0 Å². The number of hydrogen-bond donors (Lipinski definition) is 0. The van der Waals surface area contributed by atoms with E-state index < -0.39 is 0 Å².